The van der Waals surface area contributed by atoms with Gasteiger partial charge in [-0.2, -0.15) is 0 Å². The van der Waals surface area contributed by atoms with Crippen LogP contribution in [0.15, 0.2) is 16.9 Å². The lowest BCUT2D eigenvalue weighted by molar-refractivity contribution is 0.115. The molecule has 3 rings (SSSR count). The summed E-state index contributed by atoms with van der Waals surface area (Å²) in [6.45, 7) is 6.42. The van der Waals surface area contributed by atoms with Gasteiger partial charge in [0.2, 0.25) is 0 Å². The van der Waals surface area contributed by atoms with E-state index < -0.39 is 5.82 Å². The molecule has 2 aromatic rings. The van der Waals surface area contributed by atoms with Crippen LogP contribution in [-0.4, -0.2) is 27.5 Å². The Bertz CT molecular complexity index is 836. The minimum Gasteiger partial charge on any atom is -0.298 e. The molecule has 1 aromatic carbocycles. The van der Waals surface area contributed by atoms with Crippen LogP contribution in [0.25, 0.3) is 10.9 Å². The fourth-order valence-electron chi connectivity index (χ4n) is 3.84. The van der Waals surface area contributed by atoms with Crippen LogP contribution in [-0.2, 0) is 7.05 Å². The van der Waals surface area contributed by atoms with Crippen molar-refractivity contribution in [3.8, 4) is 0 Å². The molecule has 2 heterocycles. The highest BCUT2D eigenvalue weighted by molar-refractivity contribution is 6.31. The van der Waals surface area contributed by atoms with Gasteiger partial charge in [-0.1, -0.05) is 31.9 Å². The molecule has 4 nitrogen and oxygen atoms in total. The molecule has 136 valence electrons. The molecule has 0 amide bonds. The summed E-state index contributed by atoms with van der Waals surface area (Å²) in [5.74, 6) is 0.816. The Labute approximate surface area is 152 Å². The second-order valence-corrected chi connectivity index (χ2v) is 7.57. The standard InChI is InChI=1S/C19H25ClFN3O/c1-4-6-17(24-8-5-7-12(2)11-24)18-22-16-10-15(21)14(20)9-13(16)19(25)23(18)3/h9-10,12,17H,4-8,11H2,1-3H3/t12-,17-/m1/s1. The zero-order valence-corrected chi connectivity index (χ0v) is 15.8. The first-order valence-electron chi connectivity index (χ1n) is 9.02. The number of benzene rings is 1. The summed E-state index contributed by atoms with van der Waals surface area (Å²) < 4.78 is 15.5. The van der Waals surface area contributed by atoms with E-state index in [4.69, 9.17) is 11.6 Å². The van der Waals surface area contributed by atoms with Crippen LogP contribution in [0.5, 0.6) is 0 Å². The first-order chi connectivity index (χ1) is 11.9. The molecular formula is C19H25ClFN3O. The maximum atomic E-state index is 13.9. The lowest BCUT2D eigenvalue weighted by Gasteiger charge is -2.37. The quantitative estimate of drug-likeness (QED) is 0.810. The Kier molecular flexibility index (Phi) is 5.44. The maximum Gasteiger partial charge on any atom is 0.261 e. The molecule has 6 heteroatoms. The normalized spacial score (nSPS) is 20.1. The number of rotatable bonds is 4. The van der Waals surface area contributed by atoms with Crippen molar-refractivity contribution >= 4 is 22.5 Å². The second-order valence-electron chi connectivity index (χ2n) is 7.16. The smallest absolute Gasteiger partial charge is 0.261 e. The molecule has 2 atom stereocenters. The van der Waals surface area contributed by atoms with Gasteiger partial charge in [0, 0.05) is 19.7 Å². The molecule has 0 spiro atoms. The topological polar surface area (TPSA) is 38.1 Å². The summed E-state index contributed by atoms with van der Waals surface area (Å²) >= 11 is 5.84. The monoisotopic (exact) mass is 365 g/mol. The molecule has 0 aliphatic carbocycles. The van der Waals surface area contributed by atoms with Crippen LogP contribution in [0.3, 0.4) is 0 Å². The summed E-state index contributed by atoms with van der Waals surface area (Å²) in [4.78, 5) is 19.9. The Hall–Kier alpha value is -1.46. The van der Waals surface area contributed by atoms with Crippen molar-refractivity contribution in [1.29, 1.82) is 0 Å². The Balaban J connectivity index is 2.12. The van der Waals surface area contributed by atoms with Gasteiger partial charge >= 0.3 is 0 Å². The van der Waals surface area contributed by atoms with Crippen LogP contribution in [0.2, 0.25) is 5.02 Å². The van der Waals surface area contributed by atoms with Gasteiger partial charge < -0.3 is 0 Å². The van der Waals surface area contributed by atoms with Crippen LogP contribution in [0.4, 0.5) is 4.39 Å². The molecule has 0 bridgehead atoms. The van der Waals surface area contributed by atoms with Crippen molar-refractivity contribution in [1.82, 2.24) is 14.5 Å². The zero-order valence-electron chi connectivity index (χ0n) is 15.1. The minimum atomic E-state index is -0.542. The highest BCUT2D eigenvalue weighted by Gasteiger charge is 2.28. The van der Waals surface area contributed by atoms with Gasteiger partial charge in [0.25, 0.3) is 5.56 Å². The average molecular weight is 366 g/mol. The Morgan fingerprint density at radius 3 is 2.88 bits per heavy atom. The van der Waals surface area contributed by atoms with E-state index in [0.717, 1.165) is 38.2 Å². The number of piperidine rings is 1. The average Bonchev–Trinajstić information content (AvgIpc) is 2.58. The highest BCUT2D eigenvalue weighted by atomic mass is 35.5. The number of hydrogen-bond donors (Lipinski definition) is 0. The van der Waals surface area contributed by atoms with Gasteiger partial charge in [-0.15, -0.1) is 0 Å². The molecule has 1 aromatic heterocycles. The van der Waals surface area contributed by atoms with Gasteiger partial charge in [0.1, 0.15) is 11.6 Å². The summed E-state index contributed by atoms with van der Waals surface area (Å²) in [5, 5.41) is 0.314. The lowest BCUT2D eigenvalue weighted by atomic mass is 9.97. The van der Waals surface area contributed by atoms with Crippen molar-refractivity contribution < 1.29 is 4.39 Å². The molecule has 0 N–H and O–H groups in total. The van der Waals surface area contributed by atoms with Gasteiger partial charge in [0.15, 0.2) is 0 Å². The van der Waals surface area contributed by atoms with Crippen LogP contribution < -0.4 is 5.56 Å². The largest absolute Gasteiger partial charge is 0.298 e. The molecule has 0 radical (unpaired) electrons. The van der Waals surface area contributed by atoms with Crippen molar-refractivity contribution in [3.63, 3.8) is 0 Å². The molecule has 1 aliphatic heterocycles. The molecule has 0 saturated carbocycles. The number of hydrogen-bond acceptors (Lipinski definition) is 3. The Morgan fingerprint density at radius 2 is 2.20 bits per heavy atom. The lowest BCUT2D eigenvalue weighted by Crippen LogP contribution is -2.40. The Morgan fingerprint density at radius 1 is 1.44 bits per heavy atom. The number of fused-ring (bicyclic) bond motifs is 1. The molecule has 1 saturated heterocycles. The third kappa shape index (κ3) is 3.58. The summed E-state index contributed by atoms with van der Waals surface area (Å²) in [5.41, 5.74) is 0.208. The zero-order chi connectivity index (χ0) is 18.1. The minimum absolute atomic E-state index is 0.0471. The van der Waals surface area contributed by atoms with Gasteiger partial charge in [-0.3, -0.25) is 14.3 Å². The third-order valence-electron chi connectivity index (χ3n) is 5.14. The molecule has 25 heavy (non-hydrogen) atoms. The number of likely N-dealkylation sites (tertiary alicyclic amines) is 1. The first kappa shape index (κ1) is 18.3. The van der Waals surface area contributed by atoms with E-state index in [2.05, 4.69) is 23.7 Å². The molecular weight excluding hydrogens is 341 g/mol. The predicted octanol–water partition coefficient (Wildman–Crippen LogP) is 4.30. The SMILES string of the molecule is CCC[C@H](c1nc2cc(F)c(Cl)cc2c(=O)n1C)N1CCC[C@@H](C)C1. The predicted molar refractivity (Wildman–Crippen MR) is 99.6 cm³/mol. The van der Waals surface area contributed by atoms with Crippen LogP contribution in [0, 0.1) is 11.7 Å². The number of nitrogens with zero attached hydrogens (tertiary/aromatic N) is 3. The van der Waals surface area contributed by atoms with E-state index in [9.17, 15) is 9.18 Å². The van der Waals surface area contributed by atoms with Crippen molar-refractivity contribution in [2.75, 3.05) is 13.1 Å². The van der Waals surface area contributed by atoms with E-state index in [1.165, 1.54) is 18.6 Å². The van der Waals surface area contributed by atoms with E-state index in [0.29, 0.717) is 16.8 Å². The summed E-state index contributed by atoms with van der Waals surface area (Å²) in [7, 11) is 1.75. The van der Waals surface area contributed by atoms with Gasteiger partial charge in [-0.05, 0) is 37.8 Å². The first-order valence-corrected chi connectivity index (χ1v) is 9.39. The van der Waals surface area contributed by atoms with Crippen molar-refractivity contribution in [2.24, 2.45) is 13.0 Å². The van der Waals surface area contributed by atoms with Crippen LogP contribution in [0.1, 0.15) is 51.4 Å². The van der Waals surface area contributed by atoms with Gasteiger partial charge in [-0.25, -0.2) is 9.37 Å². The van der Waals surface area contributed by atoms with Gasteiger partial charge in [0.05, 0.1) is 22.0 Å². The van der Waals surface area contributed by atoms with Crippen LogP contribution >= 0.6 is 11.6 Å². The molecule has 0 unspecified atom stereocenters. The van der Waals surface area contributed by atoms with E-state index >= 15 is 0 Å². The van der Waals surface area contributed by atoms with E-state index in [1.807, 2.05) is 0 Å². The van der Waals surface area contributed by atoms with Crippen molar-refractivity contribution in [3.05, 3.63) is 39.2 Å². The molecule has 1 aliphatic rings. The third-order valence-corrected chi connectivity index (χ3v) is 5.43. The fraction of sp³-hybridized carbons (Fsp3) is 0.579. The fourth-order valence-corrected chi connectivity index (χ4v) is 4.00. The maximum absolute atomic E-state index is 13.9. The summed E-state index contributed by atoms with van der Waals surface area (Å²) in [6, 6.07) is 2.72. The number of aromatic nitrogens is 2. The highest BCUT2D eigenvalue weighted by Crippen LogP contribution is 2.30. The molecule has 1 fully saturated rings. The second kappa shape index (κ2) is 7.42. The summed E-state index contributed by atoms with van der Waals surface area (Å²) in [6.07, 6.45) is 4.32. The van der Waals surface area contributed by atoms with E-state index in [-0.39, 0.29) is 16.6 Å². The number of halogens is 2. The van der Waals surface area contributed by atoms with E-state index in [1.54, 1.807) is 11.6 Å². The van der Waals surface area contributed by atoms with Crippen molar-refractivity contribution in [2.45, 2.75) is 45.6 Å².